The highest BCUT2D eigenvalue weighted by molar-refractivity contribution is 6.08. The van der Waals surface area contributed by atoms with Crippen LogP contribution in [0.15, 0.2) is 42.5 Å². The second-order valence-corrected chi connectivity index (χ2v) is 6.30. The van der Waals surface area contributed by atoms with Gasteiger partial charge in [-0.15, -0.1) is 0 Å². The lowest BCUT2D eigenvalue weighted by molar-refractivity contribution is -0.144. The summed E-state index contributed by atoms with van der Waals surface area (Å²) in [6, 6.07) is 9.16. The first kappa shape index (κ1) is 14.0. The molecule has 4 unspecified atom stereocenters. The van der Waals surface area contributed by atoms with E-state index in [1.54, 1.807) is 12.1 Å². The predicted octanol–water partition coefficient (Wildman–Crippen LogP) is 0.937. The topological polar surface area (TPSA) is 78.5 Å². The van der Waals surface area contributed by atoms with Crippen molar-refractivity contribution in [2.24, 2.45) is 23.7 Å². The molecule has 4 atom stereocenters. The minimum Gasteiger partial charge on any atom is -0.299 e. The van der Waals surface area contributed by atoms with Gasteiger partial charge in [0.25, 0.3) is 5.91 Å². The lowest BCUT2D eigenvalue weighted by Gasteiger charge is -2.17. The van der Waals surface area contributed by atoms with Crippen molar-refractivity contribution in [2.45, 2.75) is 6.42 Å². The summed E-state index contributed by atoms with van der Waals surface area (Å²) in [5.74, 6) is -0.997. The Morgan fingerprint density at radius 2 is 1.65 bits per heavy atom. The number of likely N-dealkylation sites (tertiary alicyclic amines) is 1. The van der Waals surface area contributed by atoms with Crippen LogP contribution >= 0.6 is 0 Å². The van der Waals surface area contributed by atoms with Crippen molar-refractivity contribution in [2.75, 3.05) is 12.0 Å². The number of nitrogens with zero attached hydrogens (tertiary/aromatic N) is 1. The monoisotopic (exact) mass is 311 g/mol. The molecule has 0 spiro atoms. The minimum atomic E-state index is -0.407. The molecule has 2 aliphatic carbocycles. The van der Waals surface area contributed by atoms with Crippen molar-refractivity contribution in [1.29, 1.82) is 0 Å². The van der Waals surface area contributed by atoms with Crippen molar-refractivity contribution >= 4 is 23.4 Å². The maximum atomic E-state index is 12.5. The molecule has 2 N–H and O–H groups in total. The first-order valence-electron chi connectivity index (χ1n) is 7.78. The van der Waals surface area contributed by atoms with Gasteiger partial charge in [0, 0.05) is 0 Å². The number of hydrogen-bond donors (Lipinski definition) is 2. The van der Waals surface area contributed by atoms with E-state index >= 15 is 0 Å². The van der Waals surface area contributed by atoms with Crippen LogP contribution in [-0.4, -0.2) is 29.2 Å². The van der Waals surface area contributed by atoms with Gasteiger partial charge < -0.3 is 0 Å². The molecule has 23 heavy (non-hydrogen) atoms. The molecule has 2 bridgehead atoms. The molecule has 0 radical (unpaired) electrons. The van der Waals surface area contributed by atoms with Crippen LogP contribution < -0.4 is 10.9 Å². The maximum Gasteiger partial charge on any atom is 0.258 e. The van der Waals surface area contributed by atoms with Crippen LogP contribution in [0.25, 0.3) is 0 Å². The minimum absolute atomic E-state index is 0.164. The zero-order valence-electron chi connectivity index (χ0n) is 12.4. The first-order valence-corrected chi connectivity index (χ1v) is 7.78. The molecule has 1 aliphatic heterocycles. The summed E-state index contributed by atoms with van der Waals surface area (Å²) in [5, 5.41) is 0. The molecular formula is C17H17N3O3. The van der Waals surface area contributed by atoms with E-state index in [1.807, 2.05) is 30.4 Å². The molecule has 1 aromatic rings. The summed E-state index contributed by atoms with van der Waals surface area (Å²) in [6.45, 7) is -0.232. The van der Waals surface area contributed by atoms with Crippen molar-refractivity contribution in [1.82, 2.24) is 10.3 Å². The number of para-hydroxylation sites is 1. The molecule has 3 aliphatic rings. The van der Waals surface area contributed by atoms with E-state index in [-0.39, 0.29) is 42.0 Å². The van der Waals surface area contributed by atoms with Crippen LogP contribution in [0.2, 0.25) is 0 Å². The smallest absolute Gasteiger partial charge is 0.258 e. The third kappa shape index (κ3) is 2.21. The molecule has 118 valence electrons. The largest absolute Gasteiger partial charge is 0.299 e. The molecule has 4 rings (SSSR count). The predicted molar refractivity (Wildman–Crippen MR) is 82.6 cm³/mol. The molecule has 0 aromatic heterocycles. The maximum absolute atomic E-state index is 12.5. The number of nitrogens with one attached hydrogen (secondary N) is 2. The van der Waals surface area contributed by atoms with E-state index in [2.05, 4.69) is 10.9 Å². The van der Waals surface area contributed by atoms with Gasteiger partial charge in [-0.25, -0.2) is 0 Å². The summed E-state index contributed by atoms with van der Waals surface area (Å²) in [4.78, 5) is 38.1. The fourth-order valence-corrected chi connectivity index (χ4v) is 3.97. The van der Waals surface area contributed by atoms with E-state index in [9.17, 15) is 14.4 Å². The zero-order chi connectivity index (χ0) is 16.0. The van der Waals surface area contributed by atoms with Crippen LogP contribution in [-0.2, 0) is 14.4 Å². The molecule has 3 amide bonds. The SMILES string of the molecule is O=C(CN1C(=O)C2C3C=CC(C3)C2C1=O)NNc1ccccc1. The number of benzene rings is 1. The van der Waals surface area contributed by atoms with Gasteiger partial charge >= 0.3 is 0 Å². The fourth-order valence-electron chi connectivity index (χ4n) is 3.97. The van der Waals surface area contributed by atoms with E-state index in [1.165, 1.54) is 0 Å². The molecule has 1 saturated heterocycles. The highest BCUT2D eigenvalue weighted by atomic mass is 16.2. The van der Waals surface area contributed by atoms with Crippen LogP contribution in [0.5, 0.6) is 0 Å². The van der Waals surface area contributed by atoms with Gasteiger partial charge in [0.1, 0.15) is 6.54 Å². The van der Waals surface area contributed by atoms with E-state index in [4.69, 9.17) is 0 Å². The van der Waals surface area contributed by atoms with Gasteiger partial charge in [-0.2, -0.15) is 0 Å². The Morgan fingerprint density at radius 1 is 1.04 bits per heavy atom. The molecule has 1 heterocycles. The lowest BCUT2D eigenvalue weighted by atomic mass is 9.85. The number of anilines is 1. The number of amides is 3. The van der Waals surface area contributed by atoms with Crippen molar-refractivity contribution in [3.63, 3.8) is 0 Å². The van der Waals surface area contributed by atoms with Crippen LogP contribution in [0.1, 0.15) is 6.42 Å². The van der Waals surface area contributed by atoms with Crippen molar-refractivity contribution in [3.8, 4) is 0 Å². The van der Waals surface area contributed by atoms with Gasteiger partial charge in [-0.05, 0) is 30.4 Å². The summed E-state index contributed by atoms with van der Waals surface area (Å²) in [7, 11) is 0. The number of fused-ring (bicyclic) bond motifs is 5. The Kier molecular flexibility index (Phi) is 3.18. The normalized spacial score (nSPS) is 30.7. The summed E-state index contributed by atoms with van der Waals surface area (Å²) in [5.41, 5.74) is 6.02. The average molecular weight is 311 g/mol. The van der Waals surface area contributed by atoms with E-state index < -0.39 is 5.91 Å². The Hall–Kier alpha value is -2.63. The van der Waals surface area contributed by atoms with Gasteiger partial charge in [0.15, 0.2) is 0 Å². The Morgan fingerprint density at radius 3 is 2.26 bits per heavy atom. The second-order valence-electron chi connectivity index (χ2n) is 6.30. The third-order valence-corrected chi connectivity index (χ3v) is 4.98. The zero-order valence-corrected chi connectivity index (χ0v) is 12.4. The van der Waals surface area contributed by atoms with Crippen LogP contribution in [0.4, 0.5) is 5.69 Å². The number of imide groups is 1. The molecule has 1 saturated carbocycles. The summed E-state index contributed by atoms with van der Waals surface area (Å²) < 4.78 is 0. The van der Waals surface area contributed by atoms with Gasteiger partial charge in [-0.3, -0.25) is 30.1 Å². The average Bonchev–Trinajstić information content (AvgIpc) is 3.24. The molecule has 1 aromatic carbocycles. The Balaban J connectivity index is 1.39. The number of carbonyl (C=O) groups excluding carboxylic acids is 3. The molecular weight excluding hydrogens is 294 g/mol. The van der Waals surface area contributed by atoms with Gasteiger partial charge in [-0.1, -0.05) is 30.4 Å². The second kappa shape index (κ2) is 5.22. The van der Waals surface area contributed by atoms with Crippen LogP contribution in [0.3, 0.4) is 0 Å². The van der Waals surface area contributed by atoms with Crippen molar-refractivity contribution in [3.05, 3.63) is 42.5 Å². The molecule has 6 nitrogen and oxygen atoms in total. The Labute approximate surface area is 133 Å². The molecule has 6 heteroatoms. The number of allylic oxidation sites excluding steroid dienone is 2. The number of carbonyl (C=O) groups is 3. The van der Waals surface area contributed by atoms with Crippen LogP contribution in [0, 0.1) is 23.7 Å². The van der Waals surface area contributed by atoms with E-state index in [0.717, 1.165) is 17.0 Å². The fraction of sp³-hybridized carbons (Fsp3) is 0.353. The van der Waals surface area contributed by atoms with Gasteiger partial charge in [0.2, 0.25) is 11.8 Å². The lowest BCUT2D eigenvalue weighted by Crippen LogP contribution is -2.43. The highest BCUT2D eigenvalue weighted by Crippen LogP contribution is 2.52. The Bertz CT molecular complexity index is 670. The quantitative estimate of drug-likeness (QED) is 0.493. The third-order valence-electron chi connectivity index (χ3n) is 4.98. The standard InChI is InChI=1S/C17H17N3O3/c21-13(19-18-12-4-2-1-3-5-12)9-20-16(22)14-10-6-7-11(8-10)15(14)17(20)23/h1-7,10-11,14-15,18H,8-9H2,(H,19,21). The van der Waals surface area contributed by atoms with Gasteiger partial charge in [0.05, 0.1) is 17.5 Å². The first-order chi connectivity index (χ1) is 11.1. The van der Waals surface area contributed by atoms with E-state index in [0.29, 0.717) is 0 Å². The number of hydrazine groups is 1. The summed E-state index contributed by atoms with van der Waals surface area (Å²) >= 11 is 0. The number of rotatable bonds is 4. The molecule has 2 fully saturated rings. The van der Waals surface area contributed by atoms with Crippen molar-refractivity contribution < 1.29 is 14.4 Å². The highest BCUT2D eigenvalue weighted by Gasteiger charge is 2.59. The number of hydrogen-bond acceptors (Lipinski definition) is 4. The summed E-state index contributed by atoms with van der Waals surface area (Å²) in [6.07, 6.45) is 4.97.